The van der Waals surface area contributed by atoms with Crippen LogP contribution in [0.1, 0.15) is 10.4 Å². The normalized spacial score (nSPS) is 8.71. The average molecular weight is 380 g/mol. The summed E-state index contributed by atoms with van der Waals surface area (Å²) in [6, 6.07) is 6.85. The van der Waals surface area contributed by atoms with Gasteiger partial charge in [-0.3, -0.25) is 4.79 Å². The molecule has 1 N–H and O–H groups in total. The van der Waals surface area contributed by atoms with Gasteiger partial charge in [0.25, 0.3) is 0 Å². The van der Waals surface area contributed by atoms with Crippen LogP contribution in [0.15, 0.2) is 24.3 Å². The third kappa shape index (κ3) is 3.77. The first-order valence-corrected chi connectivity index (χ1v) is 4.29. The van der Waals surface area contributed by atoms with E-state index in [9.17, 15) is 4.79 Å². The largest absolute Gasteiger partial charge is 0.480 e. The van der Waals surface area contributed by atoms with Crippen molar-refractivity contribution in [1.29, 1.82) is 0 Å². The first-order chi connectivity index (χ1) is 6.27. The molecule has 0 radical (unpaired) electrons. The molecule has 1 unspecified atom stereocenters. The molecule has 1 rings (SSSR count). The number of benzene rings is 1. The molecule has 0 fully saturated rings. The second kappa shape index (κ2) is 6.97. The first kappa shape index (κ1) is 13.6. The Labute approximate surface area is 100 Å². The summed E-state index contributed by atoms with van der Waals surface area (Å²) < 4.78 is 4.88. The summed E-state index contributed by atoms with van der Waals surface area (Å²) in [5.41, 5.74) is 0.606. The van der Waals surface area contributed by atoms with Gasteiger partial charge in [0, 0.05) is 26.6 Å². The third-order valence-electron chi connectivity index (χ3n) is 1.54. The van der Waals surface area contributed by atoms with Crippen molar-refractivity contribution in [2.45, 2.75) is 0 Å². The number of hydrogen-bond donors (Lipinski definition) is 1. The predicted octanol–water partition coefficient (Wildman–Crippen LogP) is 1.42. The van der Waals surface area contributed by atoms with Crippen molar-refractivity contribution in [3.8, 4) is 5.75 Å². The van der Waals surface area contributed by atoms with Crippen molar-refractivity contribution in [3.63, 3.8) is 0 Å². The minimum Gasteiger partial charge on any atom is -0.480 e. The molecule has 0 bridgehead atoms. The van der Waals surface area contributed by atoms with Crippen LogP contribution >= 0.6 is 9.47 Å². The minimum absolute atomic E-state index is 0. The monoisotopic (exact) mass is 380 g/mol. The van der Waals surface area contributed by atoms with Gasteiger partial charge in [-0.25, -0.2) is 0 Å². The van der Waals surface area contributed by atoms with Gasteiger partial charge in [-0.2, -0.15) is 0 Å². The van der Waals surface area contributed by atoms with Crippen LogP contribution in [-0.4, -0.2) is 12.5 Å². The molecular weight excluding hydrogens is 369 g/mol. The second-order valence-corrected chi connectivity index (χ2v) is 2.63. The van der Waals surface area contributed by atoms with Gasteiger partial charge in [0.15, 0.2) is 0 Å². The van der Waals surface area contributed by atoms with Crippen LogP contribution in [-0.2, 0) is 21.1 Å². The quantitative estimate of drug-likeness (QED) is 0.637. The van der Waals surface area contributed by atoms with E-state index in [4.69, 9.17) is 4.52 Å². The Morgan fingerprint density at radius 3 is 2.43 bits per heavy atom. The van der Waals surface area contributed by atoms with Gasteiger partial charge < -0.3 is 16.8 Å². The van der Waals surface area contributed by atoms with Gasteiger partial charge in [-0.05, 0) is 24.3 Å². The van der Waals surface area contributed by atoms with Crippen LogP contribution in [0.25, 0.3) is 0 Å². The molecule has 0 aromatic heterocycles. The van der Waals surface area contributed by atoms with Crippen molar-refractivity contribution in [1.82, 2.24) is 5.32 Å². The molecule has 5 heteroatoms. The van der Waals surface area contributed by atoms with Crippen LogP contribution in [0, 0.1) is 6.92 Å². The zero-order chi connectivity index (χ0) is 9.68. The smallest absolute Gasteiger partial charge is 0.248 e. The van der Waals surface area contributed by atoms with Gasteiger partial charge in [-0.15, -0.1) is 6.54 Å². The number of nitrogens with one attached hydrogen (secondary N) is 1. The van der Waals surface area contributed by atoms with Gasteiger partial charge in [0.1, 0.15) is 5.75 Å². The van der Waals surface area contributed by atoms with Gasteiger partial charge in [-0.1, -0.05) is 0 Å². The molecule has 1 aromatic carbocycles. The third-order valence-corrected chi connectivity index (χ3v) is 1.81. The van der Waals surface area contributed by atoms with E-state index in [-0.39, 0.29) is 27.0 Å². The van der Waals surface area contributed by atoms with E-state index in [0.717, 1.165) is 0 Å². The fourth-order valence-electron chi connectivity index (χ4n) is 0.900. The molecular formula is C9H11NO2PW-. The summed E-state index contributed by atoms with van der Waals surface area (Å²) in [6.07, 6.45) is 0. The molecule has 0 saturated heterocycles. The Hall–Kier alpha value is -0.392. The molecule has 14 heavy (non-hydrogen) atoms. The Balaban J connectivity index is 0.00000169. The molecule has 1 amide bonds. The fourth-order valence-corrected chi connectivity index (χ4v) is 1.06. The maximum atomic E-state index is 11.2. The van der Waals surface area contributed by atoms with Gasteiger partial charge in [0.2, 0.25) is 5.91 Å². The summed E-state index contributed by atoms with van der Waals surface area (Å²) in [6.45, 7) is 3.91. The second-order valence-electron chi connectivity index (χ2n) is 2.40. The molecule has 0 aliphatic carbocycles. The molecule has 0 saturated carbocycles. The number of rotatable bonds is 3. The van der Waals surface area contributed by atoms with Crippen molar-refractivity contribution < 1.29 is 30.4 Å². The minimum atomic E-state index is -0.120. The zero-order valence-electron chi connectivity index (χ0n) is 7.53. The SMILES string of the molecule is [CH2-]CNC(=O)c1ccc(OP)cc1.[W]. The van der Waals surface area contributed by atoms with E-state index in [2.05, 4.69) is 21.7 Å². The summed E-state index contributed by atoms with van der Waals surface area (Å²) in [5, 5.41) is 2.60. The van der Waals surface area contributed by atoms with Crippen LogP contribution in [0.2, 0.25) is 0 Å². The van der Waals surface area contributed by atoms with E-state index in [1.54, 1.807) is 24.3 Å². The van der Waals surface area contributed by atoms with E-state index >= 15 is 0 Å². The zero-order valence-corrected chi connectivity index (χ0v) is 11.6. The molecule has 0 spiro atoms. The molecule has 3 nitrogen and oxygen atoms in total. The Bertz CT molecular complexity index is 289. The Morgan fingerprint density at radius 2 is 2.00 bits per heavy atom. The summed E-state index contributed by atoms with van der Waals surface area (Å²) in [5.74, 6) is 0.585. The van der Waals surface area contributed by atoms with Gasteiger partial charge >= 0.3 is 0 Å². The summed E-state index contributed by atoms with van der Waals surface area (Å²) in [4.78, 5) is 11.2. The van der Waals surface area contributed by atoms with Crippen LogP contribution in [0.5, 0.6) is 5.75 Å². The molecule has 1 atom stereocenters. The van der Waals surface area contributed by atoms with Crippen molar-refractivity contribution in [3.05, 3.63) is 36.8 Å². The van der Waals surface area contributed by atoms with Crippen molar-refractivity contribution >= 4 is 15.4 Å². The average Bonchev–Trinajstić information content (AvgIpc) is 2.18. The molecule has 0 aliphatic heterocycles. The maximum Gasteiger partial charge on any atom is 0.248 e. The van der Waals surface area contributed by atoms with Crippen LogP contribution < -0.4 is 9.84 Å². The van der Waals surface area contributed by atoms with Crippen molar-refractivity contribution in [2.75, 3.05) is 6.54 Å². The van der Waals surface area contributed by atoms with E-state index < -0.39 is 0 Å². The first-order valence-electron chi connectivity index (χ1n) is 3.82. The fraction of sp³-hybridized carbons (Fsp3) is 0.111. The van der Waals surface area contributed by atoms with E-state index in [1.165, 1.54) is 0 Å². The standard InChI is InChI=1S/C9H11NO2P.W/c1-2-10-9(11)7-3-5-8(12-13)6-4-7;/h3-6H,1-2,13H2,(H,10,11);/q-1;. The van der Waals surface area contributed by atoms with Crippen LogP contribution in [0.4, 0.5) is 0 Å². The topological polar surface area (TPSA) is 38.3 Å². The van der Waals surface area contributed by atoms with E-state index in [1.807, 2.05) is 0 Å². The summed E-state index contributed by atoms with van der Waals surface area (Å²) >= 11 is 0. The Kier molecular flexibility index (Phi) is 6.78. The molecule has 1 aromatic rings. The number of amides is 1. The van der Waals surface area contributed by atoms with E-state index in [0.29, 0.717) is 17.9 Å². The maximum absolute atomic E-state index is 11.2. The molecule has 0 heterocycles. The molecule has 76 valence electrons. The number of hydrogen-bond acceptors (Lipinski definition) is 2. The summed E-state index contributed by atoms with van der Waals surface area (Å²) in [7, 11) is 2.14. The Morgan fingerprint density at radius 1 is 1.43 bits per heavy atom. The van der Waals surface area contributed by atoms with Gasteiger partial charge in [0.05, 0.1) is 9.47 Å². The molecule has 0 aliphatic rings. The van der Waals surface area contributed by atoms with Crippen LogP contribution in [0.3, 0.4) is 0 Å². The number of carbonyl (C=O) groups excluding carboxylic acids is 1. The number of carbonyl (C=O) groups is 1. The predicted molar refractivity (Wildman–Crippen MR) is 54.5 cm³/mol. The van der Waals surface area contributed by atoms with Crippen molar-refractivity contribution in [2.24, 2.45) is 0 Å².